The summed E-state index contributed by atoms with van der Waals surface area (Å²) in [5.41, 5.74) is 0.335. The van der Waals surface area contributed by atoms with Crippen molar-refractivity contribution >= 4 is 35.2 Å². The molecule has 0 aliphatic carbocycles. The number of aromatic nitrogens is 1. The molecule has 20 heavy (non-hydrogen) atoms. The minimum Gasteiger partial charge on any atom is -0.481 e. The molecule has 0 fully saturated rings. The lowest BCUT2D eigenvalue weighted by Gasteiger charge is -2.07. The number of carboxylic acids is 1. The van der Waals surface area contributed by atoms with E-state index in [1.165, 1.54) is 24.0 Å². The maximum Gasteiger partial charge on any atom is 0.313 e. The first-order chi connectivity index (χ1) is 9.54. The number of amides is 1. The van der Waals surface area contributed by atoms with Crippen LogP contribution in [0.15, 0.2) is 12.3 Å². The molecule has 1 aromatic heterocycles. The first-order valence-corrected chi connectivity index (χ1v) is 7.44. The number of nitrogens with one attached hydrogen (secondary N) is 1. The molecule has 1 heterocycles. The van der Waals surface area contributed by atoms with E-state index in [0.29, 0.717) is 30.3 Å². The fraction of sp³-hybridized carbons (Fsp3) is 0.417. The highest BCUT2D eigenvalue weighted by Crippen LogP contribution is 2.22. The summed E-state index contributed by atoms with van der Waals surface area (Å²) in [5, 5.41) is 11.4. The Morgan fingerprint density at radius 2 is 2.30 bits per heavy atom. The molecule has 0 atom stereocenters. The number of rotatable bonds is 8. The summed E-state index contributed by atoms with van der Waals surface area (Å²) in [4.78, 5) is 26.0. The first kappa shape index (κ1) is 16.6. The number of ether oxygens (including phenoxy) is 1. The highest BCUT2D eigenvalue weighted by Gasteiger charge is 2.10. The van der Waals surface area contributed by atoms with Gasteiger partial charge >= 0.3 is 5.97 Å². The van der Waals surface area contributed by atoms with Crippen LogP contribution in [0, 0.1) is 0 Å². The molecule has 0 spiro atoms. The van der Waals surface area contributed by atoms with E-state index in [-0.39, 0.29) is 16.7 Å². The zero-order chi connectivity index (χ0) is 15.0. The molecule has 0 aliphatic rings. The summed E-state index contributed by atoms with van der Waals surface area (Å²) < 4.78 is 5.17. The van der Waals surface area contributed by atoms with E-state index >= 15 is 0 Å². The van der Waals surface area contributed by atoms with Crippen LogP contribution < -0.4 is 10.1 Å². The molecule has 0 aromatic carbocycles. The Bertz CT molecular complexity index is 485. The zero-order valence-corrected chi connectivity index (χ0v) is 12.5. The number of carbonyl (C=O) groups excluding carboxylic acids is 1. The van der Waals surface area contributed by atoms with Gasteiger partial charge in [0.2, 0.25) is 5.88 Å². The summed E-state index contributed by atoms with van der Waals surface area (Å²) >= 11 is 7.17. The second-order valence-electron chi connectivity index (χ2n) is 3.65. The number of pyridine rings is 1. The molecule has 1 rings (SSSR count). The van der Waals surface area contributed by atoms with Crippen molar-refractivity contribution in [2.24, 2.45) is 0 Å². The predicted molar refractivity (Wildman–Crippen MR) is 77.7 cm³/mol. The number of hydrogen-bond donors (Lipinski definition) is 2. The zero-order valence-electron chi connectivity index (χ0n) is 10.9. The van der Waals surface area contributed by atoms with Gasteiger partial charge in [0.15, 0.2) is 0 Å². The molecule has 1 aromatic rings. The van der Waals surface area contributed by atoms with Crippen molar-refractivity contribution < 1.29 is 19.4 Å². The normalized spacial score (nSPS) is 10.1. The number of carbonyl (C=O) groups is 2. The SMILES string of the molecule is CCOc1ncc(C(=O)NCCSCC(=O)O)cc1Cl. The molecule has 0 unspecified atom stereocenters. The molecule has 1 amide bonds. The maximum atomic E-state index is 11.8. The number of halogens is 1. The molecule has 110 valence electrons. The molecule has 0 saturated heterocycles. The lowest BCUT2D eigenvalue weighted by atomic mass is 10.2. The van der Waals surface area contributed by atoms with E-state index < -0.39 is 5.97 Å². The van der Waals surface area contributed by atoms with E-state index in [0.717, 1.165) is 0 Å². The summed E-state index contributed by atoms with van der Waals surface area (Å²) in [6.07, 6.45) is 1.39. The molecule has 0 aliphatic heterocycles. The molecule has 8 heteroatoms. The van der Waals surface area contributed by atoms with E-state index in [4.69, 9.17) is 21.4 Å². The van der Waals surface area contributed by atoms with Gasteiger partial charge in [-0.3, -0.25) is 9.59 Å². The Balaban J connectivity index is 2.43. The number of carboxylic acid groups (broad SMARTS) is 1. The van der Waals surface area contributed by atoms with Gasteiger partial charge in [-0.15, -0.1) is 11.8 Å². The van der Waals surface area contributed by atoms with Gasteiger partial charge in [0, 0.05) is 18.5 Å². The quantitative estimate of drug-likeness (QED) is 0.709. The summed E-state index contributed by atoms with van der Waals surface area (Å²) in [7, 11) is 0. The van der Waals surface area contributed by atoms with E-state index in [9.17, 15) is 9.59 Å². The van der Waals surface area contributed by atoms with E-state index in [1.807, 2.05) is 6.92 Å². The van der Waals surface area contributed by atoms with Crippen LogP contribution in [0.5, 0.6) is 5.88 Å². The van der Waals surface area contributed by atoms with Crippen LogP contribution in [0.1, 0.15) is 17.3 Å². The van der Waals surface area contributed by atoms with Gasteiger partial charge in [0.1, 0.15) is 5.02 Å². The second-order valence-corrected chi connectivity index (χ2v) is 5.16. The summed E-state index contributed by atoms with van der Waals surface area (Å²) in [6.45, 7) is 2.63. The molecule has 0 bridgehead atoms. The Hall–Kier alpha value is -1.47. The Labute approximate surface area is 125 Å². The molecule has 2 N–H and O–H groups in total. The van der Waals surface area contributed by atoms with Crippen molar-refractivity contribution in [1.29, 1.82) is 0 Å². The van der Waals surface area contributed by atoms with E-state index in [1.54, 1.807) is 0 Å². The van der Waals surface area contributed by atoms with Gasteiger partial charge in [-0.2, -0.15) is 0 Å². The molecule has 0 radical (unpaired) electrons. The maximum absolute atomic E-state index is 11.8. The van der Waals surface area contributed by atoms with Gasteiger partial charge in [0.05, 0.1) is 17.9 Å². The van der Waals surface area contributed by atoms with Gasteiger partial charge in [-0.05, 0) is 13.0 Å². The Morgan fingerprint density at radius 1 is 1.55 bits per heavy atom. The smallest absolute Gasteiger partial charge is 0.313 e. The van der Waals surface area contributed by atoms with Gasteiger partial charge in [-0.25, -0.2) is 4.98 Å². The molecular formula is C12H15ClN2O4S. The van der Waals surface area contributed by atoms with Crippen molar-refractivity contribution in [2.75, 3.05) is 24.7 Å². The van der Waals surface area contributed by atoms with Crippen molar-refractivity contribution in [2.45, 2.75) is 6.92 Å². The minimum absolute atomic E-state index is 0.0201. The monoisotopic (exact) mass is 318 g/mol. The van der Waals surface area contributed by atoms with Crippen LogP contribution in [-0.4, -0.2) is 46.6 Å². The fourth-order valence-electron chi connectivity index (χ4n) is 1.29. The average Bonchev–Trinajstić information content (AvgIpc) is 2.40. The van der Waals surface area contributed by atoms with Crippen molar-refractivity contribution in [3.05, 3.63) is 22.8 Å². The minimum atomic E-state index is -0.871. The predicted octanol–water partition coefficient (Wildman–Crippen LogP) is 1.68. The van der Waals surface area contributed by atoms with Gasteiger partial charge in [-0.1, -0.05) is 11.6 Å². The standard InChI is InChI=1S/C12H15ClN2O4S/c1-2-19-12-9(13)5-8(6-15-12)11(18)14-3-4-20-7-10(16)17/h5-6H,2-4,7H2,1H3,(H,14,18)(H,16,17). The van der Waals surface area contributed by atoms with Crippen molar-refractivity contribution in [3.63, 3.8) is 0 Å². The van der Waals surface area contributed by atoms with Gasteiger partial charge in [0.25, 0.3) is 5.91 Å². The number of nitrogens with zero attached hydrogens (tertiary/aromatic N) is 1. The number of hydrogen-bond acceptors (Lipinski definition) is 5. The second kappa shape index (κ2) is 8.65. The van der Waals surface area contributed by atoms with Crippen molar-refractivity contribution in [3.8, 4) is 5.88 Å². The van der Waals surface area contributed by atoms with Crippen LogP contribution in [0.2, 0.25) is 5.02 Å². The fourth-order valence-corrected chi connectivity index (χ4v) is 2.08. The third kappa shape index (κ3) is 5.66. The lowest BCUT2D eigenvalue weighted by molar-refractivity contribution is -0.133. The first-order valence-electron chi connectivity index (χ1n) is 5.90. The van der Waals surface area contributed by atoms with Crippen LogP contribution >= 0.6 is 23.4 Å². The number of aliphatic carboxylic acids is 1. The average molecular weight is 319 g/mol. The lowest BCUT2D eigenvalue weighted by Crippen LogP contribution is -2.26. The van der Waals surface area contributed by atoms with Crippen LogP contribution in [-0.2, 0) is 4.79 Å². The summed E-state index contributed by atoms with van der Waals surface area (Å²) in [5.74, 6) is -0.340. The van der Waals surface area contributed by atoms with E-state index in [2.05, 4.69) is 10.3 Å². The van der Waals surface area contributed by atoms with Crippen molar-refractivity contribution in [1.82, 2.24) is 10.3 Å². The van der Waals surface area contributed by atoms with Gasteiger partial charge < -0.3 is 15.2 Å². The third-order valence-electron chi connectivity index (χ3n) is 2.11. The highest BCUT2D eigenvalue weighted by molar-refractivity contribution is 7.99. The summed E-state index contributed by atoms with van der Waals surface area (Å²) in [6, 6.07) is 1.49. The largest absolute Gasteiger partial charge is 0.481 e. The van der Waals surface area contributed by atoms with Crippen LogP contribution in [0.25, 0.3) is 0 Å². The Morgan fingerprint density at radius 3 is 2.90 bits per heavy atom. The van der Waals surface area contributed by atoms with Crippen LogP contribution in [0.4, 0.5) is 0 Å². The molecular weight excluding hydrogens is 304 g/mol. The third-order valence-corrected chi connectivity index (χ3v) is 3.32. The highest BCUT2D eigenvalue weighted by atomic mass is 35.5. The molecule has 6 nitrogen and oxygen atoms in total. The number of thioether (sulfide) groups is 1. The van der Waals surface area contributed by atoms with Crippen LogP contribution in [0.3, 0.4) is 0 Å². The molecule has 0 saturated carbocycles. The Kier molecular flexibility index (Phi) is 7.17. The topological polar surface area (TPSA) is 88.5 Å².